The summed E-state index contributed by atoms with van der Waals surface area (Å²) < 4.78 is 42.6. The molecule has 0 aromatic carbocycles. The summed E-state index contributed by atoms with van der Waals surface area (Å²) in [6.45, 7) is 1.95. The first-order chi connectivity index (χ1) is 9.81. The van der Waals surface area contributed by atoms with E-state index in [0.29, 0.717) is 6.42 Å². The average Bonchev–Trinajstić information content (AvgIpc) is 2.91. The number of carbonyl (C=O) groups excluding carboxylic acids is 1. The van der Waals surface area contributed by atoms with Crippen LogP contribution < -0.4 is 11.1 Å². The largest absolute Gasteiger partial charge is 0.434 e. The minimum Gasteiger partial charge on any atom is -0.380 e. The fraction of sp³-hybridized carbons (Fsp3) is 0.667. The molecule has 0 aliphatic carbocycles. The SMILES string of the molecule is CCC(NC(=O)CC(CN)OC)c1nc(C(F)(F)F)cs1. The van der Waals surface area contributed by atoms with Crippen LogP contribution in [-0.2, 0) is 15.7 Å². The molecule has 0 saturated heterocycles. The Morgan fingerprint density at radius 2 is 2.24 bits per heavy atom. The maximum absolute atomic E-state index is 12.5. The lowest BCUT2D eigenvalue weighted by atomic mass is 10.2. The van der Waals surface area contributed by atoms with Gasteiger partial charge in [-0.3, -0.25) is 4.79 Å². The molecule has 21 heavy (non-hydrogen) atoms. The summed E-state index contributed by atoms with van der Waals surface area (Å²) >= 11 is 0.880. The Balaban J connectivity index is 2.71. The van der Waals surface area contributed by atoms with Crippen LogP contribution in [0.15, 0.2) is 5.38 Å². The Kier molecular flexibility index (Phi) is 6.56. The molecule has 0 radical (unpaired) electrons. The van der Waals surface area contributed by atoms with Gasteiger partial charge in [0.1, 0.15) is 5.01 Å². The molecule has 2 unspecified atom stereocenters. The van der Waals surface area contributed by atoms with Gasteiger partial charge in [0.2, 0.25) is 5.91 Å². The summed E-state index contributed by atoms with van der Waals surface area (Å²) in [5.41, 5.74) is 4.48. The Bertz CT molecular complexity index is 461. The number of carbonyl (C=O) groups is 1. The third-order valence-electron chi connectivity index (χ3n) is 2.86. The van der Waals surface area contributed by atoms with Crippen molar-refractivity contribution in [3.8, 4) is 0 Å². The molecular weight excluding hydrogens is 307 g/mol. The Labute approximate surface area is 124 Å². The summed E-state index contributed by atoms with van der Waals surface area (Å²) in [4.78, 5) is 15.4. The van der Waals surface area contributed by atoms with E-state index in [-0.39, 0.29) is 23.9 Å². The number of nitrogens with zero attached hydrogens (tertiary/aromatic N) is 1. The molecule has 1 aromatic heterocycles. The van der Waals surface area contributed by atoms with Crippen LogP contribution in [0.3, 0.4) is 0 Å². The molecule has 1 aromatic rings. The van der Waals surface area contributed by atoms with Crippen molar-refractivity contribution in [3.63, 3.8) is 0 Å². The van der Waals surface area contributed by atoms with Crippen LogP contribution in [0.25, 0.3) is 0 Å². The van der Waals surface area contributed by atoms with Crippen molar-refractivity contribution < 1.29 is 22.7 Å². The first-order valence-corrected chi connectivity index (χ1v) is 7.24. The maximum Gasteiger partial charge on any atom is 0.434 e. The molecule has 0 saturated carbocycles. The first kappa shape index (κ1) is 17.9. The molecule has 1 heterocycles. The van der Waals surface area contributed by atoms with E-state index < -0.39 is 24.0 Å². The standard InChI is InChI=1S/C12H18F3N3O2S/c1-3-8(17-10(19)4-7(5-16)20-2)11-18-9(6-21-11)12(13,14)15/h6-8H,3-5,16H2,1-2H3,(H,17,19). The number of alkyl halides is 3. The smallest absolute Gasteiger partial charge is 0.380 e. The van der Waals surface area contributed by atoms with Gasteiger partial charge in [-0.05, 0) is 6.42 Å². The van der Waals surface area contributed by atoms with Crippen molar-refractivity contribution in [2.24, 2.45) is 5.73 Å². The van der Waals surface area contributed by atoms with Crippen molar-refractivity contribution >= 4 is 17.2 Å². The number of rotatable bonds is 7. The van der Waals surface area contributed by atoms with Gasteiger partial charge >= 0.3 is 6.18 Å². The van der Waals surface area contributed by atoms with Gasteiger partial charge in [0.05, 0.1) is 18.6 Å². The van der Waals surface area contributed by atoms with E-state index in [2.05, 4.69) is 10.3 Å². The summed E-state index contributed by atoms with van der Waals surface area (Å²) in [5.74, 6) is -0.331. The number of hydrogen-bond acceptors (Lipinski definition) is 5. The summed E-state index contributed by atoms with van der Waals surface area (Å²) in [6.07, 6.45) is -4.39. The number of nitrogens with one attached hydrogen (secondary N) is 1. The molecule has 120 valence electrons. The van der Waals surface area contributed by atoms with Crippen molar-refractivity contribution in [1.29, 1.82) is 0 Å². The number of halogens is 3. The van der Waals surface area contributed by atoms with E-state index in [1.807, 2.05) is 0 Å². The molecule has 0 aliphatic rings. The molecule has 0 spiro atoms. The van der Waals surface area contributed by atoms with Gasteiger partial charge in [0.15, 0.2) is 5.69 Å². The van der Waals surface area contributed by atoms with Crippen LogP contribution in [0.1, 0.15) is 36.5 Å². The van der Waals surface area contributed by atoms with Crippen LogP contribution in [0, 0.1) is 0 Å². The molecule has 5 nitrogen and oxygen atoms in total. The first-order valence-electron chi connectivity index (χ1n) is 6.36. The highest BCUT2D eigenvalue weighted by Crippen LogP contribution is 2.32. The highest BCUT2D eigenvalue weighted by atomic mass is 32.1. The molecule has 3 N–H and O–H groups in total. The monoisotopic (exact) mass is 325 g/mol. The number of aromatic nitrogens is 1. The fourth-order valence-corrected chi connectivity index (χ4v) is 2.60. The molecular formula is C12H18F3N3O2S. The van der Waals surface area contributed by atoms with Crippen LogP contribution in [0.4, 0.5) is 13.2 Å². The quantitative estimate of drug-likeness (QED) is 0.805. The van der Waals surface area contributed by atoms with E-state index in [1.54, 1.807) is 6.92 Å². The number of methoxy groups -OCH3 is 1. The normalized spacial score (nSPS) is 14.8. The number of thiazole rings is 1. The molecule has 0 bridgehead atoms. The highest BCUT2D eigenvalue weighted by molar-refractivity contribution is 7.09. The second-order valence-electron chi connectivity index (χ2n) is 4.39. The molecule has 1 rings (SSSR count). The molecule has 2 atom stereocenters. The van der Waals surface area contributed by atoms with Crippen molar-refractivity contribution in [1.82, 2.24) is 10.3 Å². The van der Waals surface area contributed by atoms with Gasteiger partial charge in [0, 0.05) is 19.0 Å². The van der Waals surface area contributed by atoms with Gasteiger partial charge < -0.3 is 15.8 Å². The van der Waals surface area contributed by atoms with Gasteiger partial charge in [-0.15, -0.1) is 11.3 Å². The van der Waals surface area contributed by atoms with Crippen LogP contribution in [-0.4, -0.2) is 30.6 Å². The van der Waals surface area contributed by atoms with Crippen LogP contribution >= 0.6 is 11.3 Å². The fourth-order valence-electron chi connectivity index (χ4n) is 1.64. The third-order valence-corrected chi connectivity index (χ3v) is 3.82. The second kappa shape index (κ2) is 7.71. The number of ether oxygens (including phenoxy) is 1. The highest BCUT2D eigenvalue weighted by Gasteiger charge is 2.34. The third kappa shape index (κ3) is 5.25. The van der Waals surface area contributed by atoms with Crippen LogP contribution in [0.5, 0.6) is 0 Å². The number of amides is 1. The van der Waals surface area contributed by atoms with Crippen molar-refractivity contribution in [2.75, 3.05) is 13.7 Å². The Hall–Kier alpha value is -1.19. The van der Waals surface area contributed by atoms with E-state index in [4.69, 9.17) is 10.5 Å². The zero-order chi connectivity index (χ0) is 16.0. The van der Waals surface area contributed by atoms with Crippen molar-refractivity contribution in [3.05, 3.63) is 16.1 Å². The van der Waals surface area contributed by atoms with E-state index in [0.717, 1.165) is 16.7 Å². The van der Waals surface area contributed by atoms with Gasteiger partial charge in [-0.2, -0.15) is 13.2 Å². The summed E-state index contributed by atoms with van der Waals surface area (Å²) in [5, 5.41) is 3.84. The lowest BCUT2D eigenvalue weighted by Gasteiger charge is -2.17. The minimum absolute atomic E-state index is 0.0566. The maximum atomic E-state index is 12.5. The number of nitrogens with two attached hydrogens (primary N) is 1. The second-order valence-corrected chi connectivity index (χ2v) is 5.28. The van der Waals surface area contributed by atoms with Crippen molar-refractivity contribution in [2.45, 2.75) is 38.1 Å². The van der Waals surface area contributed by atoms with Gasteiger partial charge in [-0.1, -0.05) is 6.92 Å². The predicted octanol–water partition coefficient (Wildman–Crippen LogP) is 2.09. The summed E-state index contributed by atoms with van der Waals surface area (Å²) in [7, 11) is 1.44. The zero-order valence-electron chi connectivity index (χ0n) is 11.7. The van der Waals surface area contributed by atoms with E-state index in [9.17, 15) is 18.0 Å². The van der Waals surface area contributed by atoms with Crippen LogP contribution in [0.2, 0.25) is 0 Å². The topological polar surface area (TPSA) is 77.2 Å². The Morgan fingerprint density at radius 1 is 1.57 bits per heavy atom. The number of hydrogen-bond donors (Lipinski definition) is 2. The average molecular weight is 325 g/mol. The van der Waals surface area contributed by atoms with E-state index >= 15 is 0 Å². The lowest BCUT2D eigenvalue weighted by molar-refractivity contribution is -0.140. The zero-order valence-corrected chi connectivity index (χ0v) is 12.6. The predicted molar refractivity (Wildman–Crippen MR) is 72.8 cm³/mol. The summed E-state index contributed by atoms with van der Waals surface area (Å²) in [6, 6.07) is -0.547. The molecule has 9 heteroatoms. The molecule has 0 fully saturated rings. The lowest BCUT2D eigenvalue weighted by Crippen LogP contribution is -2.34. The van der Waals surface area contributed by atoms with Gasteiger partial charge in [0.25, 0.3) is 0 Å². The molecule has 1 amide bonds. The Morgan fingerprint density at radius 3 is 2.67 bits per heavy atom. The van der Waals surface area contributed by atoms with Gasteiger partial charge in [-0.25, -0.2) is 4.98 Å². The minimum atomic E-state index is -4.47. The van der Waals surface area contributed by atoms with E-state index in [1.165, 1.54) is 7.11 Å². The molecule has 0 aliphatic heterocycles.